The lowest BCUT2D eigenvalue weighted by molar-refractivity contribution is -0.322. The molecule has 1 heterocycles. The molecule has 119 valence electrons. The summed E-state index contributed by atoms with van der Waals surface area (Å²) in [7, 11) is 0. The van der Waals surface area contributed by atoms with Gasteiger partial charge in [0, 0.05) is 13.2 Å². The van der Waals surface area contributed by atoms with Gasteiger partial charge in [-0.25, -0.2) is 0 Å². The molecular weight excluding hydrogens is 254 g/mol. The van der Waals surface area contributed by atoms with E-state index in [1.54, 1.807) is 0 Å². The Bertz CT molecular complexity index is 253. The third kappa shape index (κ3) is 3.35. The molecule has 1 rings (SSSR count). The number of hydrogen-bond donors (Lipinski definition) is 1. The molecule has 0 bridgehead atoms. The molecule has 1 radical (unpaired) electrons. The maximum absolute atomic E-state index is 13.0. The van der Waals surface area contributed by atoms with E-state index in [0.717, 1.165) is 38.5 Å². The SMILES string of the molecule is CCC1(CC)CC(OCCCO)CC(CC)(CC)N1[O]. The third-order valence-electron chi connectivity index (χ3n) is 5.37. The summed E-state index contributed by atoms with van der Waals surface area (Å²) in [5.41, 5.74) is -0.567. The lowest BCUT2D eigenvalue weighted by Gasteiger charge is -2.54. The summed E-state index contributed by atoms with van der Waals surface area (Å²) in [5.74, 6) is 0. The Morgan fingerprint density at radius 3 is 1.85 bits per heavy atom. The van der Waals surface area contributed by atoms with Gasteiger partial charge in [-0.15, -0.1) is 10.3 Å². The summed E-state index contributed by atoms with van der Waals surface area (Å²) >= 11 is 0. The minimum atomic E-state index is -0.284. The molecule has 1 aliphatic rings. The molecular formula is C16H32NO3. The number of aliphatic hydroxyl groups excluding tert-OH is 1. The number of piperidine rings is 1. The molecule has 4 heteroatoms. The summed E-state index contributed by atoms with van der Waals surface area (Å²) < 4.78 is 5.96. The Labute approximate surface area is 124 Å². The zero-order valence-electron chi connectivity index (χ0n) is 13.7. The van der Waals surface area contributed by atoms with Crippen LogP contribution in [0.1, 0.15) is 72.6 Å². The maximum atomic E-state index is 13.0. The smallest absolute Gasteiger partial charge is 0.0612 e. The van der Waals surface area contributed by atoms with Crippen LogP contribution in [0.5, 0.6) is 0 Å². The molecule has 0 unspecified atom stereocenters. The van der Waals surface area contributed by atoms with E-state index < -0.39 is 0 Å². The predicted molar refractivity (Wildman–Crippen MR) is 79.8 cm³/mol. The van der Waals surface area contributed by atoms with E-state index in [2.05, 4.69) is 27.7 Å². The molecule has 0 amide bonds. The van der Waals surface area contributed by atoms with E-state index in [1.807, 2.05) is 0 Å². The van der Waals surface area contributed by atoms with Crippen LogP contribution in [-0.4, -0.2) is 40.6 Å². The number of nitrogens with zero attached hydrogens (tertiary/aromatic N) is 1. The standard InChI is InChI=1S/C16H32NO3/c1-5-15(6-2)12-14(20-11-9-10-18)13-16(7-3,8-4)17(15)19/h14,18H,5-13H2,1-4H3. The fourth-order valence-electron chi connectivity index (χ4n) is 3.67. The second-order valence-electron chi connectivity index (χ2n) is 6.14. The van der Waals surface area contributed by atoms with Crippen molar-refractivity contribution < 1.29 is 15.1 Å². The van der Waals surface area contributed by atoms with E-state index in [-0.39, 0.29) is 23.8 Å². The zero-order chi connectivity index (χ0) is 15.2. The number of hydroxylamine groups is 2. The highest BCUT2D eigenvalue weighted by Gasteiger charge is 2.52. The van der Waals surface area contributed by atoms with Gasteiger partial charge in [0.1, 0.15) is 0 Å². The number of ether oxygens (including phenoxy) is 1. The average Bonchev–Trinajstić information content (AvgIpc) is 2.49. The van der Waals surface area contributed by atoms with Crippen molar-refractivity contribution in [3.05, 3.63) is 0 Å². The Balaban J connectivity index is 2.92. The van der Waals surface area contributed by atoms with E-state index in [0.29, 0.717) is 13.0 Å². The van der Waals surface area contributed by atoms with Crippen LogP contribution in [0.25, 0.3) is 0 Å². The third-order valence-corrected chi connectivity index (χ3v) is 5.37. The van der Waals surface area contributed by atoms with E-state index in [4.69, 9.17) is 9.84 Å². The van der Waals surface area contributed by atoms with Gasteiger partial charge in [-0.1, -0.05) is 27.7 Å². The van der Waals surface area contributed by atoms with Crippen molar-refractivity contribution in [1.82, 2.24) is 5.06 Å². The molecule has 1 N–H and O–H groups in total. The molecule has 0 spiro atoms. The van der Waals surface area contributed by atoms with Crippen LogP contribution in [0.15, 0.2) is 0 Å². The average molecular weight is 286 g/mol. The molecule has 1 saturated heterocycles. The van der Waals surface area contributed by atoms with Crippen molar-refractivity contribution in [2.75, 3.05) is 13.2 Å². The van der Waals surface area contributed by atoms with Crippen LogP contribution in [0.3, 0.4) is 0 Å². The van der Waals surface area contributed by atoms with Crippen LogP contribution < -0.4 is 0 Å². The minimum Gasteiger partial charge on any atom is -0.396 e. The van der Waals surface area contributed by atoms with E-state index in [1.165, 1.54) is 5.06 Å². The monoisotopic (exact) mass is 286 g/mol. The van der Waals surface area contributed by atoms with Crippen molar-refractivity contribution in [2.24, 2.45) is 0 Å². The van der Waals surface area contributed by atoms with Crippen LogP contribution in [0.4, 0.5) is 0 Å². The molecule has 0 aromatic heterocycles. The van der Waals surface area contributed by atoms with Gasteiger partial charge >= 0.3 is 0 Å². The molecule has 0 saturated carbocycles. The molecule has 1 aliphatic heterocycles. The van der Waals surface area contributed by atoms with Crippen molar-refractivity contribution in [1.29, 1.82) is 0 Å². The summed E-state index contributed by atoms with van der Waals surface area (Å²) in [6.45, 7) is 9.20. The molecule has 0 atom stereocenters. The van der Waals surface area contributed by atoms with E-state index >= 15 is 0 Å². The Hall–Kier alpha value is -0.160. The molecule has 0 aliphatic carbocycles. The van der Waals surface area contributed by atoms with Crippen LogP contribution in [-0.2, 0) is 9.94 Å². The highest BCUT2D eigenvalue weighted by Crippen LogP contribution is 2.45. The van der Waals surface area contributed by atoms with Crippen LogP contribution >= 0.6 is 0 Å². The van der Waals surface area contributed by atoms with Crippen LogP contribution in [0.2, 0.25) is 0 Å². The van der Waals surface area contributed by atoms with Gasteiger partial charge in [0.15, 0.2) is 0 Å². The Kier molecular flexibility index (Phi) is 6.92. The second kappa shape index (κ2) is 7.74. The summed E-state index contributed by atoms with van der Waals surface area (Å²) in [6.07, 6.45) is 5.93. The highest BCUT2D eigenvalue weighted by molar-refractivity contribution is 5.03. The second-order valence-corrected chi connectivity index (χ2v) is 6.14. The highest BCUT2D eigenvalue weighted by atomic mass is 16.5. The van der Waals surface area contributed by atoms with Gasteiger partial charge in [0.2, 0.25) is 0 Å². The summed E-state index contributed by atoms with van der Waals surface area (Å²) in [5, 5.41) is 23.3. The van der Waals surface area contributed by atoms with Crippen molar-refractivity contribution >= 4 is 0 Å². The lowest BCUT2D eigenvalue weighted by atomic mass is 9.72. The van der Waals surface area contributed by atoms with Gasteiger partial charge in [-0.05, 0) is 44.9 Å². The van der Waals surface area contributed by atoms with Gasteiger partial charge in [0.05, 0.1) is 17.2 Å². The molecule has 20 heavy (non-hydrogen) atoms. The first-order valence-corrected chi connectivity index (χ1v) is 8.24. The van der Waals surface area contributed by atoms with Gasteiger partial charge in [-0.2, -0.15) is 0 Å². The number of aliphatic hydroxyl groups is 1. The van der Waals surface area contributed by atoms with Crippen molar-refractivity contribution in [3.63, 3.8) is 0 Å². The fourth-order valence-corrected chi connectivity index (χ4v) is 3.67. The van der Waals surface area contributed by atoms with Gasteiger partial charge in [-0.3, -0.25) is 0 Å². The number of hydrogen-bond acceptors (Lipinski definition) is 3. The quantitative estimate of drug-likeness (QED) is 0.696. The predicted octanol–water partition coefficient (Wildman–Crippen LogP) is 3.31. The molecule has 0 aromatic rings. The first kappa shape index (κ1) is 17.9. The minimum absolute atomic E-state index is 0.145. The van der Waals surface area contributed by atoms with Gasteiger partial charge < -0.3 is 9.84 Å². The van der Waals surface area contributed by atoms with Crippen molar-refractivity contribution in [2.45, 2.75) is 89.8 Å². The van der Waals surface area contributed by atoms with Gasteiger partial charge in [0.25, 0.3) is 0 Å². The molecule has 0 aromatic carbocycles. The first-order chi connectivity index (χ1) is 9.54. The molecule has 4 nitrogen and oxygen atoms in total. The Morgan fingerprint density at radius 1 is 1.05 bits per heavy atom. The Morgan fingerprint density at radius 2 is 1.50 bits per heavy atom. The lowest BCUT2D eigenvalue weighted by Crippen LogP contribution is -2.64. The van der Waals surface area contributed by atoms with E-state index in [9.17, 15) is 5.21 Å². The van der Waals surface area contributed by atoms with Crippen molar-refractivity contribution in [3.8, 4) is 0 Å². The normalized spacial score (nSPS) is 23.1. The zero-order valence-corrected chi connectivity index (χ0v) is 13.7. The maximum Gasteiger partial charge on any atom is 0.0612 e. The number of rotatable bonds is 8. The summed E-state index contributed by atoms with van der Waals surface area (Å²) in [4.78, 5) is 0. The van der Waals surface area contributed by atoms with Crippen LogP contribution in [0, 0.1) is 0 Å². The fraction of sp³-hybridized carbons (Fsp3) is 1.00. The first-order valence-electron chi connectivity index (χ1n) is 8.24. The molecule has 1 fully saturated rings. The topological polar surface area (TPSA) is 52.6 Å². The summed E-state index contributed by atoms with van der Waals surface area (Å²) in [6, 6.07) is 0. The largest absolute Gasteiger partial charge is 0.396 e.